The molecule has 0 saturated heterocycles. The van der Waals surface area contributed by atoms with Crippen molar-refractivity contribution in [2.24, 2.45) is 23.2 Å². The average molecular weight is 374 g/mol. The Morgan fingerprint density at radius 3 is 2.71 bits per heavy atom. The summed E-state index contributed by atoms with van der Waals surface area (Å²) < 4.78 is 0. The van der Waals surface area contributed by atoms with Gasteiger partial charge in [0.2, 0.25) is 0 Å². The fourth-order valence-electron chi connectivity index (χ4n) is 7.68. The van der Waals surface area contributed by atoms with Gasteiger partial charge in [0, 0.05) is 10.8 Å². The van der Waals surface area contributed by atoms with Gasteiger partial charge in [-0.05, 0) is 85.8 Å². The van der Waals surface area contributed by atoms with E-state index in [1.165, 1.54) is 48.7 Å². The van der Waals surface area contributed by atoms with Gasteiger partial charge in [-0.25, -0.2) is 0 Å². The number of aromatic nitrogens is 1. The molecule has 2 saturated carbocycles. The summed E-state index contributed by atoms with van der Waals surface area (Å²) in [5.41, 5.74) is 6.17. The van der Waals surface area contributed by atoms with Crippen molar-refractivity contribution >= 4 is 10.9 Å². The molecule has 2 heteroatoms. The van der Waals surface area contributed by atoms with E-state index >= 15 is 0 Å². The molecule has 2 aromatic rings. The van der Waals surface area contributed by atoms with Crippen molar-refractivity contribution in [1.82, 2.24) is 4.98 Å². The first-order valence-corrected chi connectivity index (χ1v) is 11.3. The van der Waals surface area contributed by atoms with Crippen LogP contribution in [0.15, 0.2) is 42.0 Å². The van der Waals surface area contributed by atoms with Crippen molar-refractivity contribution in [3.63, 3.8) is 0 Å². The predicted molar refractivity (Wildman–Crippen MR) is 113 cm³/mol. The number of benzene rings is 1. The number of fused-ring (bicyclic) bond motifs is 8. The van der Waals surface area contributed by atoms with Crippen molar-refractivity contribution in [2.75, 3.05) is 0 Å². The number of hydrogen-bond acceptors (Lipinski definition) is 2. The lowest BCUT2D eigenvalue weighted by atomic mass is 9.48. The van der Waals surface area contributed by atoms with Crippen molar-refractivity contribution in [2.45, 2.75) is 70.3 Å². The van der Waals surface area contributed by atoms with Crippen LogP contribution >= 0.6 is 0 Å². The fourth-order valence-corrected chi connectivity index (χ4v) is 7.68. The van der Waals surface area contributed by atoms with Gasteiger partial charge >= 0.3 is 0 Å². The van der Waals surface area contributed by atoms with Crippen LogP contribution in [0.2, 0.25) is 0 Å². The van der Waals surface area contributed by atoms with E-state index in [1.807, 2.05) is 0 Å². The molecular formula is C26H31NO. The van der Waals surface area contributed by atoms with Gasteiger partial charge in [-0.2, -0.15) is 0 Å². The first-order chi connectivity index (χ1) is 13.5. The summed E-state index contributed by atoms with van der Waals surface area (Å²) in [5, 5.41) is 11.5. The summed E-state index contributed by atoms with van der Waals surface area (Å²) in [6, 6.07) is 11.0. The highest BCUT2D eigenvalue weighted by Gasteiger charge is 2.57. The fraction of sp³-hybridized carbons (Fsp3) is 0.577. The lowest BCUT2D eigenvalue weighted by Gasteiger charge is -2.57. The minimum absolute atomic E-state index is 0.114. The standard InChI is InChI=1S/C26H31NO/c1-25-11-9-19(28)15-18(25)7-8-20-21(25)10-12-26(2)22(20)14-17-13-16-5-3-4-6-23(16)27-24(17)26/h3-7,13,19-22,28H,8-12,14-15H2,1-2H3. The molecule has 0 amide bonds. The molecule has 1 aromatic carbocycles. The first kappa shape index (κ1) is 17.2. The van der Waals surface area contributed by atoms with Gasteiger partial charge < -0.3 is 5.11 Å². The van der Waals surface area contributed by atoms with Crippen LogP contribution in [0.1, 0.15) is 63.6 Å². The Kier molecular flexibility index (Phi) is 3.50. The zero-order chi connectivity index (χ0) is 19.1. The van der Waals surface area contributed by atoms with Crippen LogP contribution in [0.4, 0.5) is 0 Å². The van der Waals surface area contributed by atoms with E-state index in [-0.39, 0.29) is 11.5 Å². The summed E-state index contributed by atoms with van der Waals surface area (Å²) in [7, 11) is 0. The molecule has 0 radical (unpaired) electrons. The summed E-state index contributed by atoms with van der Waals surface area (Å²) in [6.07, 6.45) is 10.5. The molecule has 146 valence electrons. The van der Waals surface area contributed by atoms with Gasteiger partial charge in [0.15, 0.2) is 0 Å². The van der Waals surface area contributed by atoms with Gasteiger partial charge in [-0.15, -0.1) is 0 Å². The van der Waals surface area contributed by atoms with Gasteiger partial charge in [0.1, 0.15) is 0 Å². The van der Waals surface area contributed by atoms with Crippen molar-refractivity contribution in [3.05, 3.63) is 53.2 Å². The number of allylic oxidation sites excluding steroid dienone is 1. The monoisotopic (exact) mass is 373 g/mol. The zero-order valence-electron chi connectivity index (χ0n) is 17.1. The Labute approximate surface area is 168 Å². The summed E-state index contributed by atoms with van der Waals surface area (Å²) in [5.74, 6) is 2.26. The Hall–Kier alpha value is -1.67. The van der Waals surface area contributed by atoms with Crippen molar-refractivity contribution in [1.29, 1.82) is 0 Å². The van der Waals surface area contributed by atoms with E-state index in [0.717, 1.165) is 30.2 Å². The number of para-hydroxylation sites is 1. The third-order valence-corrected chi connectivity index (χ3v) is 9.25. The lowest BCUT2D eigenvalue weighted by Crippen LogP contribution is -2.51. The maximum atomic E-state index is 10.2. The Morgan fingerprint density at radius 2 is 1.82 bits per heavy atom. The van der Waals surface area contributed by atoms with Crippen molar-refractivity contribution in [3.8, 4) is 0 Å². The minimum atomic E-state index is -0.114. The second kappa shape index (κ2) is 5.69. The second-order valence-corrected chi connectivity index (χ2v) is 10.5. The van der Waals surface area contributed by atoms with Crippen molar-refractivity contribution < 1.29 is 5.11 Å². The number of hydrogen-bond donors (Lipinski definition) is 1. The molecule has 4 aliphatic rings. The zero-order valence-corrected chi connectivity index (χ0v) is 17.1. The van der Waals surface area contributed by atoms with Crippen LogP contribution in [0.25, 0.3) is 10.9 Å². The molecular weight excluding hydrogens is 342 g/mol. The van der Waals surface area contributed by atoms with E-state index < -0.39 is 0 Å². The Morgan fingerprint density at radius 1 is 1.00 bits per heavy atom. The number of aliphatic hydroxyl groups is 1. The molecule has 0 aliphatic heterocycles. The van der Waals surface area contributed by atoms with Crippen LogP contribution in [-0.4, -0.2) is 16.2 Å². The summed E-state index contributed by atoms with van der Waals surface area (Å²) in [4.78, 5) is 5.21. The molecule has 6 atom stereocenters. The third-order valence-electron chi connectivity index (χ3n) is 9.25. The van der Waals surface area contributed by atoms with E-state index in [9.17, 15) is 5.11 Å². The minimum Gasteiger partial charge on any atom is -0.393 e. The average Bonchev–Trinajstić information content (AvgIpc) is 2.99. The van der Waals surface area contributed by atoms with Crippen LogP contribution in [0.3, 0.4) is 0 Å². The van der Waals surface area contributed by atoms with E-state index in [0.29, 0.717) is 11.3 Å². The molecule has 28 heavy (non-hydrogen) atoms. The molecule has 4 aliphatic carbocycles. The maximum absolute atomic E-state index is 10.2. The highest BCUT2D eigenvalue weighted by molar-refractivity contribution is 5.80. The summed E-state index contributed by atoms with van der Waals surface area (Å²) >= 11 is 0. The van der Waals surface area contributed by atoms with Gasteiger partial charge in [0.25, 0.3) is 0 Å². The Balaban J connectivity index is 1.42. The molecule has 2 nitrogen and oxygen atoms in total. The molecule has 2 fully saturated rings. The third kappa shape index (κ3) is 2.16. The largest absolute Gasteiger partial charge is 0.393 e. The SMILES string of the molecule is CC12CCC(O)CC1=CCC1C2CCC2(C)c3nc4ccccc4cc3CC12. The van der Waals surface area contributed by atoms with Crippen LogP contribution < -0.4 is 0 Å². The lowest BCUT2D eigenvalue weighted by molar-refractivity contribution is -0.0169. The second-order valence-electron chi connectivity index (χ2n) is 10.5. The molecule has 6 unspecified atom stereocenters. The van der Waals surface area contributed by atoms with Gasteiger partial charge in [0.05, 0.1) is 17.3 Å². The van der Waals surface area contributed by atoms with Gasteiger partial charge in [-0.1, -0.05) is 43.7 Å². The molecule has 1 N–H and O–H groups in total. The molecule has 6 rings (SSSR count). The number of pyridine rings is 1. The Bertz CT molecular complexity index is 993. The molecule has 0 spiro atoms. The van der Waals surface area contributed by atoms with E-state index in [1.54, 1.807) is 5.57 Å². The van der Waals surface area contributed by atoms with Gasteiger partial charge in [-0.3, -0.25) is 4.98 Å². The highest BCUT2D eigenvalue weighted by atomic mass is 16.3. The topological polar surface area (TPSA) is 33.1 Å². The number of aliphatic hydroxyl groups excluding tert-OH is 1. The highest BCUT2D eigenvalue weighted by Crippen LogP contribution is 2.64. The van der Waals surface area contributed by atoms with Crippen LogP contribution in [0, 0.1) is 23.2 Å². The molecule has 1 heterocycles. The van der Waals surface area contributed by atoms with E-state index in [4.69, 9.17) is 4.98 Å². The van der Waals surface area contributed by atoms with Crippen LogP contribution in [-0.2, 0) is 11.8 Å². The first-order valence-electron chi connectivity index (χ1n) is 11.3. The number of rotatable bonds is 0. The van der Waals surface area contributed by atoms with E-state index in [2.05, 4.69) is 50.3 Å². The molecule has 0 bridgehead atoms. The number of nitrogens with zero attached hydrogens (tertiary/aromatic N) is 1. The predicted octanol–water partition coefficient (Wildman–Crippen LogP) is 5.57. The summed E-state index contributed by atoms with van der Waals surface area (Å²) in [6.45, 7) is 5.02. The van der Waals surface area contributed by atoms with Crippen LogP contribution in [0.5, 0.6) is 0 Å². The molecule has 1 aromatic heterocycles. The smallest absolute Gasteiger partial charge is 0.0705 e. The quantitative estimate of drug-likeness (QED) is 0.612. The maximum Gasteiger partial charge on any atom is 0.0705 e. The normalized spacial score (nSPS) is 41.6.